The molecule has 38 heavy (non-hydrogen) atoms. The van der Waals surface area contributed by atoms with Gasteiger partial charge in [-0.3, -0.25) is 4.79 Å². The summed E-state index contributed by atoms with van der Waals surface area (Å²) in [6, 6.07) is 35.4. The lowest BCUT2D eigenvalue weighted by Crippen LogP contribution is -2.49. The summed E-state index contributed by atoms with van der Waals surface area (Å²) in [4.78, 5) is 35.8. The van der Waals surface area contributed by atoms with Crippen LogP contribution in [0, 0.1) is 0 Å². The van der Waals surface area contributed by atoms with E-state index in [-0.39, 0.29) is 11.7 Å². The lowest BCUT2D eigenvalue weighted by atomic mass is 9.74. The number of carbonyl (C=O) groups excluding carboxylic acids is 2. The maximum Gasteiger partial charge on any atom is 0.344 e. The predicted octanol–water partition coefficient (Wildman–Crippen LogP) is 5.68. The molecule has 3 aliphatic rings. The molecule has 0 radical (unpaired) electrons. The predicted molar refractivity (Wildman–Crippen MR) is 147 cm³/mol. The smallest absolute Gasteiger partial charge is 0.344 e. The van der Waals surface area contributed by atoms with Gasteiger partial charge in [-0.25, -0.2) is 9.79 Å². The zero-order chi connectivity index (χ0) is 25.7. The molecule has 0 N–H and O–H groups in total. The highest BCUT2D eigenvalue weighted by Crippen LogP contribution is 2.55. The first kappa shape index (κ1) is 22.4. The van der Waals surface area contributed by atoms with Crippen LogP contribution in [-0.4, -0.2) is 35.3 Å². The molecule has 4 atom stereocenters. The number of ether oxygens (including phenoxy) is 1. The number of hydrogen-bond donors (Lipinski definition) is 0. The molecule has 0 amide bonds. The van der Waals surface area contributed by atoms with Crippen LogP contribution in [0.3, 0.4) is 0 Å². The number of ketones is 1. The molecule has 4 aromatic carbocycles. The van der Waals surface area contributed by atoms with Gasteiger partial charge >= 0.3 is 5.97 Å². The summed E-state index contributed by atoms with van der Waals surface area (Å²) in [5, 5.41) is 0. The van der Waals surface area contributed by atoms with Gasteiger partial charge in [0.2, 0.25) is 5.90 Å². The Labute approximate surface area is 220 Å². The van der Waals surface area contributed by atoms with Crippen LogP contribution in [-0.2, 0) is 9.53 Å². The minimum atomic E-state index is -1.34. The molecule has 1 spiro atoms. The van der Waals surface area contributed by atoms with Crippen molar-refractivity contribution in [1.29, 1.82) is 0 Å². The fraction of sp³-hybridized carbons (Fsp3) is 0.121. The molecule has 1 fully saturated rings. The molecule has 0 bridgehead atoms. The molecule has 5 heteroatoms. The van der Waals surface area contributed by atoms with E-state index in [0.29, 0.717) is 5.56 Å². The molecule has 3 aliphatic heterocycles. The number of para-hydroxylation sites is 1. The number of rotatable bonds is 4. The molecule has 3 heterocycles. The largest absolute Gasteiger partial charge is 0.405 e. The van der Waals surface area contributed by atoms with E-state index in [1.165, 1.54) is 0 Å². The van der Waals surface area contributed by atoms with Crippen LogP contribution >= 0.6 is 0 Å². The van der Waals surface area contributed by atoms with Gasteiger partial charge in [-0.1, -0.05) is 109 Å². The quantitative estimate of drug-likeness (QED) is 0.269. The van der Waals surface area contributed by atoms with Crippen LogP contribution in [0.2, 0.25) is 0 Å². The number of Topliss-reactive ketones (excluding diaryl/α,β-unsaturated/α-hetero) is 1. The molecule has 0 aromatic heterocycles. The Balaban J connectivity index is 1.51. The van der Waals surface area contributed by atoms with Crippen LogP contribution in [0.5, 0.6) is 0 Å². The number of esters is 1. The van der Waals surface area contributed by atoms with Gasteiger partial charge in [-0.15, -0.1) is 0 Å². The summed E-state index contributed by atoms with van der Waals surface area (Å²) >= 11 is 0. The van der Waals surface area contributed by atoms with Crippen LogP contribution in [0.1, 0.15) is 33.0 Å². The highest BCUT2D eigenvalue weighted by molar-refractivity contribution is 6.12. The van der Waals surface area contributed by atoms with Crippen molar-refractivity contribution in [2.24, 2.45) is 4.99 Å². The van der Waals surface area contributed by atoms with Crippen molar-refractivity contribution in [3.63, 3.8) is 0 Å². The van der Waals surface area contributed by atoms with E-state index in [1.54, 1.807) is 0 Å². The Morgan fingerprint density at radius 1 is 0.789 bits per heavy atom. The summed E-state index contributed by atoms with van der Waals surface area (Å²) in [5.41, 5.74) is 2.76. The number of aliphatic imine (C=N–C) groups is 1. The molecule has 0 unspecified atom stereocenters. The van der Waals surface area contributed by atoms with Crippen LogP contribution in [0.4, 0.5) is 5.69 Å². The average Bonchev–Trinajstić information content (AvgIpc) is 3.49. The third kappa shape index (κ3) is 3.21. The number of carbonyl (C=O) groups is 2. The first-order valence-electron chi connectivity index (χ1n) is 12.8. The molecule has 1 saturated heterocycles. The minimum Gasteiger partial charge on any atom is -0.405 e. The molecule has 7 rings (SSSR count). The Morgan fingerprint density at radius 3 is 2.16 bits per heavy atom. The second-order valence-electron chi connectivity index (χ2n) is 9.83. The summed E-state index contributed by atoms with van der Waals surface area (Å²) in [6.45, 7) is 0. The van der Waals surface area contributed by atoms with Gasteiger partial charge in [0.05, 0.1) is 12.0 Å². The average molecular weight is 497 g/mol. The van der Waals surface area contributed by atoms with Crippen molar-refractivity contribution >= 4 is 29.4 Å². The van der Waals surface area contributed by atoms with E-state index in [1.807, 2.05) is 127 Å². The number of cyclic esters (lactones) is 1. The number of hydrogen-bond acceptors (Lipinski definition) is 5. The first-order chi connectivity index (χ1) is 18.7. The number of anilines is 1. The Bertz CT molecular complexity index is 1600. The Morgan fingerprint density at radius 2 is 1.42 bits per heavy atom. The molecule has 5 nitrogen and oxygen atoms in total. The molecule has 0 aliphatic carbocycles. The normalized spacial score (nSPS) is 25.1. The number of nitrogens with zero attached hydrogens (tertiary/aromatic N) is 2. The maximum atomic E-state index is 14.4. The second-order valence-corrected chi connectivity index (χ2v) is 9.83. The lowest BCUT2D eigenvalue weighted by Gasteiger charge is -2.35. The first-order valence-corrected chi connectivity index (χ1v) is 12.8. The lowest BCUT2D eigenvalue weighted by molar-refractivity contribution is -0.139. The zero-order valence-corrected chi connectivity index (χ0v) is 20.5. The highest BCUT2D eigenvalue weighted by atomic mass is 16.6. The number of benzene rings is 4. The number of fused-ring (bicyclic) bond motifs is 4. The minimum absolute atomic E-state index is 0.0532. The van der Waals surface area contributed by atoms with Gasteiger partial charge in [0.1, 0.15) is 6.04 Å². The van der Waals surface area contributed by atoms with E-state index in [9.17, 15) is 9.59 Å². The summed E-state index contributed by atoms with van der Waals surface area (Å²) in [6.07, 6.45) is 4.04. The maximum absolute atomic E-state index is 14.4. The van der Waals surface area contributed by atoms with E-state index in [0.717, 1.165) is 22.4 Å². The van der Waals surface area contributed by atoms with Crippen LogP contribution < -0.4 is 4.90 Å². The third-order valence-corrected chi connectivity index (χ3v) is 7.82. The van der Waals surface area contributed by atoms with Crippen molar-refractivity contribution < 1.29 is 14.3 Å². The topological polar surface area (TPSA) is 59.0 Å². The van der Waals surface area contributed by atoms with Gasteiger partial charge in [0.25, 0.3) is 0 Å². The molecule has 184 valence electrons. The molecular formula is C33H24N2O3. The van der Waals surface area contributed by atoms with Gasteiger partial charge in [-0.05, 0) is 29.3 Å². The fourth-order valence-electron chi connectivity index (χ4n) is 6.21. The van der Waals surface area contributed by atoms with E-state index >= 15 is 0 Å². The van der Waals surface area contributed by atoms with Gasteiger partial charge in [0, 0.05) is 16.8 Å². The monoisotopic (exact) mass is 496 g/mol. The molecular weight excluding hydrogens is 472 g/mol. The van der Waals surface area contributed by atoms with Gasteiger partial charge in [-0.2, -0.15) is 0 Å². The molecule has 0 saturated carbocycles. The summed E-state index contributed by atoms with van der Waals surface area (Å²) in [7, 11) is 0. The summed E-state index contributed by atoms with van der Waals surface area (Å²) in [5.74, 6) is -0.780. The van der Waals surface area contributed by atoms with Crippen molar-refractivity contribution in [2.75, 3.05) is 4.90 Å². The van der Waals surface area contributed by atoms with Crippen LogP contribution in [0.15, 0.2) is 126 Å². The third-order valence-electron chi connectivity index (χ3n) is 7.82. The summed E-state index contributed by atoms with van der Waals surface area (Å²) < 4.78 is 5.95. The molecule has 4 aromatic rings. The Hall–Kier alpha value is -4.77. The van der Waals surface area contributed by atoms with Crippen molar-refractivity contribution in [3.05, 3.63) is 144 Å². The van der Waals surface area contributed by atoms with Gasteiger partial charge < -0.3 is 9.64 Å². The Kier molecular flexibility index (Phi) is 5.11. The van der Waals surface area contributed by atoms with E-state index in [2.05, 4.69) is 4.90 Å². The second kappa shape index (κ2) is 8.67. The highest BCUT2D eigenvalue weighted by Gasteiger charge is 2.69. The van der Waals surface area contributed by atoms with Gasteiger partial charge in [0.15, 0.2) is 11.3 Å². The van der Waals surface area contributed by atoms with Crippen LogP contribution in [0.25, 0.3) is 6.08 Å². The van der Waals surface area contributed by atoms with E-state index in [4.69, 9.17) is 9.73 Å². The SMILES string of the molecule is O=C(c1ccccc1)[C@@H]1[C@H](c2ccccc2)[C@@]2(N=C(c3ccccc3)OC2=O)[C@H]2C=Cc3ccccc3N12. The van der Waals surface area contributed by atoms with Crippen molar-refractivity contribution in [1.82, 2.24) is 0 Å². The van der Waals surface area contributed by atoms with E-state index < -0.39 is 29.5 Å². The standard InChI is InChI=1S/C33H24N2O3/c36-30(24-15-6-2-7-16-24)29-28(23-13-4-1-5-14-23)33(27-21-20-22-12-10-11-19-26(22)35(27)29)32(37)38-31(34-33)25-17-8-3-9-18-25/h1-21,27-29H/t27-,28+,29+,33+/m1/s1. The van der Waals surface area contributed by atoms with Crippen molar-refractivity contribution in [2.45, 2.75) is 23.5 Å². The fourth-order valence-corrected chi connectivity index (χ4v) is 6.21. The van der Waals surface area contributed by atoms with Crippen molar-refractivity contribution in [3.8, 4) is 0 Å². The zero-order valence-electron chi connectivity index (χ0n) is 20.5.